The van der Waals surface area contributed by atoms with Gasteiger partial charge in [-0.1, -0.05) is 12.1 Å². The first-order chi connectivity index (χ1) is 9.33. The number of hydrogen-bond donors (Lipinski definition) is 2. The molecule has 1 aromatic carbocycles. The molecular formula is C14H15N5. The van der Waals surface area contributed by atoms with Gasteiger partial charge in [0, 0.05) is 20.0 Å². The number of para-hydroxylation sites is 2. The zero-order valence-corrected chi connectivity index (χ0v) is 10.7. The number of hydrogen-bond acceptors (Lipinski definition) is 3. The summed E-state index contributed by atoms with van der Waals surface area (Å²) in [7, 11) is 2.08. The van der Waals surface area contributed by atoms with Gasteiger partial charge < -0.3 is 14.9 Å². The Morgan fingerprint density at radius 1 is 1.32 bits per heavy atom. The topological polar surface area (TPSA) is 58.5 Å². The lowest BCUT2D eigenvalue weighted by Gasteiger charge is -2.22. The number of aromatic nitrogens is 4. The fraction of sp³-hybridized carbons (Fsp3) is 0.286. The van der Waals surface area contributed by atoms with Gasteiger partial charge in [0.2, 0.25) is 0 Å². The van der Waals surface area contributed by atoms with E-state index in [-0.39, 0.29) is 6.04 Å². The predicted molar refractivity (Wildman–Crippen MR) is 72.6 cm³/mol. The van der Waals surface area contributed by atoms with E-state index in [0.717, 1.165) is 30.0 Å². The Morgan fingerprint density at radius 2 is 2.21 bits per heavy atom. The Kier molecular flexibility index (Phi) is 2.22. The number of nitrogens with zero attached hydrogens (tertiary/aromatic N) is 3. The first-order valence-corrected chi connectivity index (χ1v) is 6.49. The van der Waals surface area contributed by atoms with E-state index in [9.17, 15) is 0 Å². The van der Waals surface area contributed by atoms with E-state index >= 15 is 0 Å². The number of benzene rings is 1. The average Bonchev–Trinajstić information content (AvgIpc) is 3.03. The Labute approximate surface area is 110 Å². The predicted octanol–water partition coefficient (Wildman–Crippen LogP) is 1.68. The third kappa shape index (κ3) is 1.58. The number of aromatic amines is 1. The Bertz CT molecular complexity index is 739. The second kappa shape index (κ2) is 3.93. The van der Waals surface area contributed by atoms with Gasteiger partial charge in [-0.05, 0) is 12.1 Å². The van der Waals surface area contributed by atoms with Crippen LogP contribution in [0.4, 0.5) is 0 Å². The number of rotatable bonds is 1. The molecule has 0 amide bonds. The van der Waals surface area contributed by atoms with Crippen molar-refractivity contribution in [2.24, 2.45) is 7.05 Å². The van der Waals surface area contributed by atoms with E-state index < -0.39 is 0 Å². The lowest BCUT2D eigenvalue weighted by Crippen LogP contribution is -2.30. The third-order valence-corrected chi connectivity index (χ3v) is 3.86. The van der Waals surface area contributed by atoms with Crippen molar-refractivity contribution in [2.45, 2.75) is 19.0 Å². The second-order valence-corrected chi connectivity index (χ2v) is 4.98. The molecule has 0 radical (unpaired) electrons. The Hall–Kier alpha value is -2.14. The van der Waals surface area contributed by atoms with Crippen molar-refractivity contribution in [1.29, 1.82) is 0 Å². The van der Waals surface area contributed by atoms with Crippen LogP contribution < -0.4 is 5.32 Å². The van der Waals surface area contributed by atoms with Crippen LogP contribution in [-0.2, 0) is 20.0 Å². The molecule has 5 heteroatoms. The lowest BCUT2D eigenvalue weighted by atomic mass is 10.1. The summed E-state index contributed by atoms with van der Waals surface area (Å²) in [5.41, 5.74) is 4.56. The summed E-state index contributed by atoms with van der Waals surface area (Å²) in [6.45, 7) is 0.823. The zero-order chi connectivity index (χ0) is 12.8. The highest BCUT2D eigenvalue weighted by Crippen LogP contribution is 2.25. The van der Waals surface area contributed by atoms with Crippen molar-refractivity contribution in [3.63, 3.8) is 0 Å². The molecule has 1 atom stereocenters. The molecule has 0 spiro atoms. The molecule has 2 N–H and O–H groups in total. The standard InChI is InChI=1S/C14H15N5/c1-19-13-5-3-2-4-9(13)18-14(19)11-6-10-12(7-15-11)17-8-16-10/h2-5,8,11,15H,6-7H2,1H3,(H,16,17). The van der Waals surface area contributed by atoms with Crippen LogP contribution in [0.15, 0.2) is 30.6 Å². The van der Waals surface area contributed by atoms with Crippen LogP contribution in [0.5, 0.6) is 0 Å². The van der Waals surface area contributed by atoms with Crippen molar-refractivity contribution in [2.75, 3.05) is 0 Å². The molecule has 0 bridgehead atoms. The summed E-state index contributed by atoms with van der Waals surface area (Å²) >= 11 is 0. The van der Waals surface area contributed by atoms with Crippen molar-refractivity contribution >= 4 is 11.0 Å². The van der Waals surface area contributed by atoms with Gasteiger partial charge in [-0.15, -0.1) is 0 Å². The smallest absolute Gasteiger partial charge is 0.127 e. The van der Waals surface area contributed by atoms with E-state index in [1.165, 1.54) is 11.2 Å². The highest BCUT2D eigenvalue weighted by atomic mass is 15.1. The first-order valence-electron chi connectivity index (χ1n) is 6.49. The molecule has 2 aromatic heterocycles. The van der Waals surface area contributed by atoms with Gasteiger partial charge in [0.05, 0.1) is 34.8 Å². The van der Waals surface area contributed by atoms with E-state index in [0.29, 0.717) is 0 Å². The maximum absolute atomic E-state index is 4.76. The number of imidazole rings is 2. The normalized spacial score (nSPS) is 18.7. The van der Waals surface area contributed by atoms with Gasteiger partial charge in [0.1, 0.15) is 5.82 Å². The summed E-state index contributed by atoms with van der Waals surface area (Å²) in [6, 6.07) is 8.47. The van der Waals surface area contributed by atoms with E-state index in [4.69, 9.17) is 4.98 Å². The fourth-order valence-electron chi connectivity index (χ4n) is 2.83. The Morgan fingerprint density at radius 3 is 3.11 bits per heavy atom. The maximum atomic E-state index is 4.76. The van der Waals surface area contributed by atoms with Gasteiger partial charge in [-0.3, -0.25) is 0 Å². The molecule has 4 rings (SSSR count). The van der Waals surface area contributed by atoms with Gasteiger partial charge in [-0.25, -0.2) is 9.97 Å². The minimum atomic E-state index is 0.230. The SMILES string of the molecule is Cn1c(C2Cc3nc[nH]c3CN2)nc2ccccc21. The van der Waals surface area contributed by atoms with E-state index in [1.807, 2.05) is 12.1 Å². The first kappa shape index (κ1) is 10.8. The zero-order valence-electron chi connectivity index (χ0n) is 10.7. The maximum Gasteiger partial charge on any atom is 0.127 e. The van der Waals surface area contributed by atoms with E-state index in [1.54, 1.807) is 6.33 Å². The molecule has 19 heavy (non-hydrogen) atoms. The molecule has 5 nitrogen and oxygen atoms in total. The van der Waals surface area contributed by atoms with Gasteiger partial charge >= 0.3 is 0 Å². The monoisotopic (exact) mass is 253 g/mol. The summed E-state index contributed by atoms with van der Waals surface area (Å²) < 4.78 is 2.17. The van der Waals surface area contributed by atoms with Crippen LogP contribution in [0.3, 0.4) is 0 Å². The lowest BCUT2D eigenvalue weighted by molar-refractivity contribution is 0.459. The minimum Gasteiger partial charge on any atom is -0.347 e. The number of fused-ring (bicyclic) bond motifs is 2. The van der Waals surface area contributed by atoms with Gasteiger partial charge in [0.25, 0.3) is 0 Å². The molecule has 0 aliphatic carbocycles. The fourth-order valence-corrected chi connectivity index (χ4v) is 2.83. The summed E-state index contributed by atoms with van der Waals surface area (Å²) in [4.78, 5) is 12.3. The number of aryl methyl sites for hydroxylation is 1. The quantitative estimate of drug-likeness (QED) is 0.693. The highest BCUT2D eigenvalue weighted by molar-refractivity contribution is 5.75. The molecule has 3 aromatic rings. The second-order valence-electron chi connectivity index (χ2n) is 4.98. The average molecular weight is 253 g/mol. The molecule has 96 valence electrons. The summed E-state index contributed by atoms with van der Waals surface area (Å²) in [5.74, 6) is 1.08. The number of nitrogens with one attached hydrogen (secondary N) is 2. The third-order valence-electron chi connectivity index (χ3n) is 3.86. The molecule has 3 heterocycles. The van der Waals surface area contributed by atoms with E-state index in [2.05, 4.69) is 39.0 Å². The summed E-state index contributed by atoms with van der Waals surface area (Å²) in [5, 5.41) is 3.52. The van der Waals surface area contributed by atoms with Crippen LogP contribution >= 0.6 is 0 Å². The van der Waals surface area contributed by atoms with Crippen LogP contribution in [0, 0.1) is 0 Å². The molecule has 0 fully saturated rings. The highest BCUT2D eigenvalue weighted by Gasteiger charge is 2.25. The van der Waals surface area contributed by atoms with Crippen molar-refractivity contribution < 1.29 is 0 Å². The molecule has 0 saturated heterocycles. The van der Waals surface area contributed by atoms with Gasteiger partial charge in [-0.2, -0.15) is 0 Å². The van der Waals surface area contributed by atoms with Crippen LogP contribution in [0.2, 0.25) is 0 Å². The van der Waals surface area contributed by atoms with Crippen molar-refractivity contribution in [3.8, 4) is 0 Å². The van der Waals surface area contributed by atoms with Crippen LogP contribution in [0.1, 0.15) is 23.3 Å². The largest absolute Gasteiger partial charge is 0.347 e. The molecule has 0 saturated carbocycles. The van der Waals surface area contributed by atoms with Crippen molar-refractivity contribution in [3.05, 3.63) is 47.8 Å². The van der Waals surface area contributed by atoms with Gasteiger partial charge in [0.15, 0.2) is 0 Å². The minimum absolute atomic E-state index is 0.230. The Balaban J connectivity index is 1.77. The van der Waals surface area contributed by atoms with Crippen molar-refractivity contribution in [1.82, 2.24) is 24.8 Å². The molecular weight excluding hydrogens is 238 g/mol. The van der Waals surface area contributed by atoms with Crippen LogP contribution in [0.25, 0.3) is 11.0 Å². The summed E-state index contributed by atoms with van der Waals surface area (Å²) in [6.07, 6.45) is 2.65. The molecule has 1 aliphatic heterocycles. The van der Waals surface area contributed by atoms with Crippen LogP contribution in [-0.4, -0.2) is 19.5 Å². The molecule has 1 aliphatic rings. The number of H-pyrrole nitrogens is 1. The molecule has 1 unspecified atom stereocenters.